The van der Waals surface area contributed by atoms with Crippen LogP contribution in [0.25, 0.3) is 0 Å². The van der Waals surface area contributed by atoms with Crippen molar-refractivity contribution in [2.75, 3.05) is 6.54 Å². The lowest BCUT2D eigenvalue weighted by Crippen LogP contribution is -2.23. The summed E-state index contributed by atoms with van der Waals surface area (Å²) < 4.78 is 22.1. The summed E-state index contributed by atoms with van der Waals surface area (Å²) in [7, 11) is -3.57. The Morgan fingerprint density at radius 3 is 2.29 bits per heavy atom. The quantitative estimate of drug-likeness (QED) is 0.753. The highest BCUT2D eigenvalue weighted by Crippen LogP contribution is 2.10. The minimum atomic E-state index is -3.57. The summed E-state index contributed by atoms with van der Waals surface area (Å²) >= 11 is 0. The number of benzene rings is 1. The minimum Gasteiger partial charge on any atom is -0.315 e. The Morgan fingerprint density at radius 1 is 1.24 bits per heavy atom. The second-order valence-electron chi connectivity index (χ2n) is 4.40. The molecule has 17 heavy (non-hydrogen) atoms. The molecule has 0 aliphatic carbocycles. The van der Waals surface area contributed by atoms with Crippen LogP contribution in [0, 0.1) is 0 Å². The highest BCUT2D eigenvalue weighted by atomic mass is 32.2. The van der Waals surface area contributed by atoms with Crippen LogP contribution in [0.4, 0.5) is 0 Å². The second kappa shape index (κ2) is 6.14. The predicted octanol–water partition coefficient (Wildman–Crippen LogP) is 1.26. The van der Waals surface area contributed by atoms with Crippen molar-refractivity contribution in [3.05, 3.63) is 29.8 Å². The van der Waals surface area contributed by atoms with E-state index < -0.39 is 10.0 Å². The SMILES string of the molecule is CC(C)NCCCc1ccc(S(N)(=O)=O)cc1. The molecule has 0 saturated heterocycles. The van der Waals surface area contributed by atoms with Crippen molar-refractivity contribution in [2.45, 2.75) is 37.6 Å². The van der Waals surface area contributed by atoms with E-state index in [4.69, 9.17) is 5.14 Å². The van der Waals surface area contributed by atoms with Gasteiger partial charge in [-0.25, -0.2) is 13.6 Å². The third-order valence-corrected chi connectivity index (χ3v) is 3.38. The number of nitrogens with two attached hydrogens (primary N) is 1. The van der Waals surface area contributed by atoms with Crippen LogP contribution >= 0.6 is 0 Å². The molecule has 0 fully saturated rings. The molecule has 0 atom stereocenters. The van der Waals surface area contributed by atoms with Gasteiger partial charge in [0.25, 0.3) is 0 Å². The van der Waals surface area contributed by atoms with Crippen LogP contribution in [0.2, 0.25) is 0 Å². The van der Waals surface area contributed by atoms with Gasteiger partial charge in [-0.05, 0) is 37.1 Å². The van der Waals surface area contributed by atoms with E-state index in [0.717, 1.165) is 24.9 Å². The Morgan fingerprint density at radius 2 is 1.82 bits per heavy atom. The highest BCUT2D eigenvalue weighted by Gasteiger charge is 2.06. The fourth-order valence-corrected chi connectivity index (χ4v) is 2.04. The monoisotopic (exact) mass is 256 g/mol. The Bertz CT molecular complexity index is 438. The van der Waals surface area contributed by atoms with Crippen LogP contribution in [0.15, 0.2) is 29.2 Å². The Balaban J connectivity index is 2.46. The predicted molar refractivity (Wildman–Crippen MR) is 69.3 cm³/mol. The van der Waals surface area contributed by atoms with Crippen LogP contribution in [-0.4, -0.2) is 21.0 Å². The standard InChI is InChI=1S/C12H20N2O2S/c1-10(2)14-9-3-4-11-5-7-12(8-6-11)17(13,15)16/h5-8,10,14H,3-4,9H2,1-2H3,(H2,13,15,16). The van der Waals surface area contributed by atoms with Crippen LogP contribution in [-0.2, 0) is 16.4 Å². The molecular weight excluding hydrogens is 236 g/mol. The summed E-state index contributed by atoms with van der Waals surface area (Å²) in [5, 5.41) is 8.36. The molecule has 0 bridgehead atoms. The van der Waals surface area contributed by atoms with E-state index in [1.54, 1.807) is 12.1 Å². The van der Waals surface area contributed by atoms with Gasteiger partial charge in [0.05, 0.1) is 4.90 Å². The number of sulfonamides is 1. The molecule has 96 valence electrons. The van der Waals surface area contributed by atoms with Crippen LogP contribution < -0.4 is 10.5 Å². The molecule has 0 aromatic heterocycles. The lowest BCUT2D eigenvalue weighted by Gasteiger charge is -2.07. The molecular formula is C12H20N2O2S. The Labute approximate surface area is 103 Å². The lowest BCUT2D eigenvalue weighted by molar-refractivity contribution is 0.570. The summed E-state index contributed by atoms with van der Waals surface area (Å²) in [4.78, 5) is 0.168. The van der Waals surface area contributed by atoms with Gasteiger partial charge in [-0.1, -0.05) is 26.0 Å². The molecule has 0 saturated carbocycles. The topological polar surface area (TPSA) is 72.2 Å². The van der Waals surface area contributed by atoms with E-state index in [9.17, 15) is 8.42 Å². The average molecular weight is 256 g/mol. The number of hydrogen-bond acceptors (Lipinski definition) is 3. The van der Waals surface area contributed by atoms with Gasteiger partial charge in [0, 0.05) is 6.04 Å². The number of hydrogen-bond donors (Lipinski definition) is 2. The van der Waals surface area contributed by atoms with Gasteiger partial charge >= 0.3 is 0 Å². The summed E-state index contributed by atoms with van der Waals surface area (Å²) in [6.45, 7) is 5.19. The lowest BCUT2D eigenvalue weighted by atomic mass is 10.1. The fraction of sp³-hybridized carbons (Fsp3) is 0.500. The zero-order valence-corrected chi connectivity index (χ0v) is 11.1. The molecule has 1 aromatic rings. The smallest absolute Gasteiger partial charge is 0.238 e. The van der Waals surface area contributed by atoms with Gasteiger partial charge in [-0.15, -0.1) is 0 Å². The van der Waals surface area contributed by atoms with Gasteiger partial charge in [0.15, 0.2) is 0 Å². The number of rotatable bonds is 6. The van der Waals surface area contributed by atoms with Gasteiger partial charge in [-0.2, -0.15) is 0 Å². The third-order valence-electron chi connectivity index (χ3n) is 2.45. The fourth-order valence-electron chi connectivity index (χ4n) is 1.53. The molecule has 4 nitrogen and oxygen atoms in total. The van der Waals surface area contributed by atoms with Gasteiger partial charge in [-0.3, -0.25) is 0 Å². The van der Waals surface area contributed by atoms with Gasteiger partial charge < -0.3 is 5.32 Å². The number of primary sulfonamides is 1. The van der Waals surface area contributed by atoms with Crippen molar-refractivity contribution in [3.63, 3.8) is 0 Å². The molecule has 0 unspecified atom stereocenters. The maximum atomic E-state index is 11.0. The highest BCUT2D eigenvalue weighted by molar-refractivity contribution is 7.89. The van der Waals surface area contributed by atoms with Crippen molar-refractivity contribution >= 4 is 10.0 Å². The van der Waals surface area contributed by atoms with E-state index in [2.05, 4.69) is 19.2 Å². The number of nitrogens with one attached hydrogen (secondary N) is 1. The van der Waals surface area contributed by atoms with Crippen LogP contribution in [0.1, 0.15) is 25.8 Å². The summed E-state index contributed by atoms with van der Waals surface area (Å²) in [6, 6.07) is 7.24. The Kier molecular flexibility index (Phi) is 5.11. The maximum Gasteiger partial charge on any atom is 0.238 e. The summed E-state index contributed by atoms with van der Waals surface area (Å²) in [5.74, 6) is 0. The van der Waals surface area contributed by atoms with E-state index in [-0.39, 0.29) is 4.90 Å². The Hall–Kier alpha value is -0.910. The first-order chi connectivity index (χ1) is 7.89. The molecule has 0 heterocycles. The maximum absolute atomic E-state index is 11.0. The minimum absolute atomic E-state index is 0.168. The normalized spacial score (nSPS) is 12.0. The van der Waals surface area contributed by atoms with E-state index in [1.165, 1.54) is 0 Å². The van der Waals surface area contributed by atoms with Gasteiger partial charge in [0.1, 0.15) is 0 Å². The molecule has 1 aromatic carbocycles. The molecule has 0 aliphatic rings. The van der Waals surface area contributed by atoms with E-state index in [0.29, 0.717) is 6.04 Å². The average Bonchev–Trinajstić information content (AvgIpc) is 2.23. The largest absolute Gasteiger partial charge is 0.315 e. The molecule has 1 rings (SSSR count). The zero-order valence-electron chi connectivity index (χ0n) is 10.3. The molecule has 0 amide bonds. The van der Waals surface area contributed by atoms with Crippen molar-refractivity contribution in [2.24, 2.45) is 5.14 Å². The molecule has 3 N–H and O–H groups in total. The molecule has 0 spiro atoms. The third kappa shape index (κ3) is 5.30. The number of aryl methyl sites for hydroxylation is 1. The van der Waals surface area contributed by atoms with Crippen molar-refractivity contribution in [1.29, 1.82) is 0 Å². The van der Waals surface area contributed by atoms with Crippen LogP contribution in [0.3, 0.4) is 0 Å². The molecule has 0 aliphatic heterocycles. The van der Waals surface area contributed by atoms with Gasteiger partial charge in [0.2, 0.25) is 10.0 Å². The van der Waals surface area contributed by atoms with E-state index in [1.807, 2.05) is 12.1 Å². The van der Waals surface area contributed by atoms with Crippen molar-refractivity contribution in [3.8, 4) is 0 Å². The van der Waals surface area contributed by atoms with E-state index >= 15 is 0 Å². The summed E-state index contributed by atoms with van der Waals surface area (Å²) in [5.41, 5.74) is 1.13. The second-order valence-corrected chi connectivity index (χ2v) is 5.96. The first-order valence-corrected chi connectivity index (χ1v) is 7.29. The molecule has 5 heteroatoms. The first kappa shape index (κ1) is 14.2. The summed E-state index contributed by atoms with van der Waals surface area (Å²) in [6.07, 6.45) is 1.97. The van der Waals surface area contributed by atoms with Crippen LogP contribution in [0.5, 0.6) is 0 Å². The zero-order chi connectivity index (χ0) is 12.9. The van der Waals surface area contributed by atoms with Crippen molar-refractivity contribution < 1.29 is 8.42 Å². The molecule has 0 radical (unpaired) electrons. The van der Waals surface area contributed by atoms with Crippen molar-refractivity contribution in [1.82, 2.24) is 5.32 Å². The first-order valence-electron chi connectivity index (χ1n) is 5.75.